The highest BCUT2D eigenvalue weighted by atomic mass is 35.5. The number of hydrogen-bond acceptors (Lipinski definition) is 4. The summed E-state index contributed by atoms with van der Waals surface area (Å²) in [6.07, 6.45) is 3.50. The molecule has 2 unspecified atom stereocenters. The molecule has 0 aliphatic rings. The van der Waals surface area contributed by atoms with Gasteiger partial charge in [-0.3, -0.25) is 14.7 Å². The van der Waals surface area contributed by atoms with Crippen molar-refractivity contribution in [2.75, 3.05) is 6.54 Å². The molecule has 7 nitrogen and oxygen atoms in total. The van der Waals surface area contributed by atoms with Gasteiger partial charge in [0.05, 0.1) is 23.3 Å². The number of carboxylic acid groups (broad SMARTS) is 1. The standard InChI is InChI=1S/C33H31ClN4O3/c1-2-4-25(21-7-9-23(10-8-21)33(41)35-19-18-31(39)40)32(22-11-13-24(34)14-12-22)27-5-3-6-28-26(27)15-16-29(37-28)30-17-20-36-38-30/h3,5-17,20,25,32H,2,4,18-19H2,1H3,(H,35,41)(H,36,38)(H,39,40). The largest absolute Gasteiger partial charge is 0.481 e. The van der Waals surface area contributed by atoms with E-state index < -0.39 is 5.97 Å². The van der Waals surface area contributed by atoms with Gasteiger partial charge in [-0.15, -0.1) is 0 Å². The molecule has 41 heavy (non-hydrogen) atoms. The van der Waals surface area contributed by atoms with Crippen LogP contribution in [0.2, 0.25) is 5.02 Å². The summed E-state index contributed by atoms with van der Waals surface area (Å²) in [6.45, 7) is 2.27. The first-order valence-corrected chi connectivity index (χ1v) is 14.1. The minimum absolute atomic E-state index is 0.00552. The van der Waals surface area contributed by atoms with Gasteiger partial charge in [-0.05, 0) is 71.5 Å². The maximum absolute atomic E-state index is 12.6. The normalized spacial score (nSPS) is 12.6. The molecule has 2 atom stereocenters. The second-order valence-electron chi connectivity index (χ2n) is 10.0. The van der Waals surface area contributed by atoms with Crippen molar-refractivity contribution in [3.63, 3.8) is 0 Å². The summed E-state index contributed by atoms with van der Waals surface area (Å²) in [5.74, 6) is -1.11. The van der Waals surface area contributed by atoms with E-state index in [0.717, 1.165) is 46.3 Å². The lowest BCUT2D eigenvalue weighted by atomic mass is 9.74. The number of rotatable bonds is 11. The summed E-state index contributed by atoms with van der Waals surface area (Å²) in [7, 11) is 0. The predicted octanol–water partition coefficient (Wildman–Crippen LogP) is 7.20. The molecule has 5 rings (SSSR count). The summed E-state index contributed by atoms with van der Waals surface area (Å²) in [5.41, 5.74) is 6.53. The van der Waals surface area contributed by atoms with E-state index in [4.69, 9.17) is 21.7 Å². The van der Waals surface area contributed by atoms with E-state index in [9.17, 15) is 9.59 Å². The number of hydrogen-bond donors (Lipinski definition) is 3. The molecule has 208 valence electrons. The first-order chi connectivity index (χ1) is 19.9. The number of benzene rings is 3. The fourth-order valence-corrected chi connectivity index (χ4v) is 5.53. The number of aliphatic carboxylic acids is 1. The molecule has 8 heteroatoms. The van der Waals surface area contributed by atoms with Gasteiger partial charge in [-0.2, -0.15) is 5.10 Å². The molecule has 0 spiro atoms. The van der Waals surface area contributed by atoms with E-state index in [1.165, 1.54) is 5.56 Å². The average molecular weight is 567 g/mol. The zero-order valence-electron chi connectivity index (χ0n) is 22.7. The Hall–Kier alpha value is -4.49. The predicted molar refractivity (Wildman–Crippen MR) is 161 cm³/mol. The number of carbonyl (C=O) groups is 2. The molecule has 0 saturated heterocycles. The molecule has 2 aromatic heterocycles. The van der Waals surface area contributed by atoms with Crippen molar-refractivity contribution in [1.29, 1.82) is 0 Å². The maximum Gasteiger partial charge on any atom is 0.305 e. The lowest BCUT2D eigenvalue weighted by molar-refractivity contribution is -0.136. The van der Waals surface area contributed by atoms with Gasteiger partial charge in [0.1, 0.15) is 0 Å². The Morgan fingerprint density at radius 1 is 0.951 bits per heavy atom. The van der Waals surface area contributed by atoms with Crippen molar-refractivity contribution < 1.29 is 14.7 Å². The molecule has 0 aliphatic carbocycles. The number of aromatic nitrogens is 3. The van der Waals surface area contributed by atoms with E-state index >= 15 is 0 Å². The van der Waals surface area contributed by atoms with Gasteiger partial charge in [0.2, 0.25) is 0 Å². The van der Waals surface area contributed by atoms with Gasteiger partial charge in [0, 0.05) is 34.6 Å². The van der Waals surface area contributed by atoms with E-state index in [2.05, 4.69) is 52.8 Å². The summed E-state index contributed by atoms with van der Waals surface area (Å²) >= 11 is 6.29. The summed E-state index contributed by atoms with van der Waals surface area (Å²) in [6, 6.07) is 28.0. The van der Waals surface area contributed by atoms with Crippen LogP contribution in [-0.4, -0.2) is 38.7 Å². The minimum Gasteiger partial charge on any atom is -0.481 e. The SMILES string of the molecule is CCCC(c1ccc(C(=O)NCCC(=O)O)cc1)C(c1ccc(Cl)cc1)c1cccc2nc(-c3ccn[nH]3)ccc12. The van der Waals surface area contributed by atoms with E-state index in [1.54, 1.807) is 6.20 Å². The second kappa shape index (κ2) is 12.8. The van der Waals surface area contributed by atoms with Crippen LogP contribution in [-0.2, 0) is 4.79 Å². The number of halogens is 1. The van der Waals surface area contributed by atoms with Gasteiger partial charge in [0.15, 0.2) is 0 Å². The molecule has 2 heterocycles. The summed E-state index contributed by atoms with van der Waals surface area (Å²) in [5, 5.41) is 20.3. The number of amides is 1. The van der Waals surface area contributed by atoms with Crippen molar-refractivity contribution in [2.24, 2.45) is 0 Å². The third kappa shape index (κ3) is 6.47. The fraction of sp³-hybridized carbons (Fsp3) is 0.212. The Morgan fingerprint density at radius 2 is 1.71 bits per heavy atom. The quantitative estimate of drug-likeness (QED) is 0.157. The topological polar surface area (TPSA) is 108 Å². The minimum atomic E-state index is -0.947. The highest BCUT2D eigenvalue weighted by Crippen LogP contribution is 2.44. The van der Waals surface area contributed by atoms with Crippen LogP contribution < -0.4 is 5.32 Å². The first kappa shape index (κ1) is 28.1. The number of nitrogens with one attached hydrogen (secondary N) is 2. The molecular formula is C33H31ClN4O3. The van der Waals surface area contributed by atoms with Crippen molar-refractivity contribution in [1.82, 2.24) is 20.5 Å². The van der Waals surface area contributed by atoms with Crippen LogP contribution in [0.15, 0.2) is 91.1 Å². The smallest absolute Gasteiger partial charge is 0.305 e. The molecule has 0 saturated carbocycles. The van der Waals surface area contributed by atoms with Crippen LogP contribution in [0.4, 0.5) is 0 Å². The third-order valence-electron chi connectivity index (χ3n) is 7.33. The average Bonchev–Trinajstić information content (AvgIpc) is 3.53. The molecule has 0 fully saturated rings. The van der Waals surface area contributed by atoms with Gasteiger partial charge >= 0.3 is 5.97 Å². The van der Waals surface area contributed by atoms with Gasteiger partial charge in [0.25, 0.3) is 5.91 Å². The molecular weight excluding hydrogens is 536 g/mol. The van der Waals surface area contributed by atoms with Crippen LogP contribution in [0.1, 0.15) is 65.1 Å². The van der Waals surface area contributed by atoms with Crippen molar-refractivity contribution in [3.05, 3.63) is 118 Å². The highest BCUT2D eigenvalue weighted by molar-refractivity contribution is 6.30. The number of nitrogens with zero attached hydrogens (tertiary/aromatic N) is 2. The molecule has 0 bridgehead atoms. The number of carboxylic acids is 1. The summed E-state index contributed by atoms with van der Waals surface area (Å²) in [4.78, 5) is 28.3. The first-order valence-electron chi connectivity index (χ1n) is 13.7. The van der Waals surface area contributed by atoms with Crippen molar-refractivity contribution in [2.45, 2.75) is 38.0 Å². The Balaban J connectivity index is 1.56. The Bertz CT molecular complexity index is 1630. The molecule has 0 aliphatic heterocycles. The number of H-pyrrole nitrogens is 1. The Labute approximate surface area is 243 Å². The number of fused-ring (bicyclic) bond motifs is 1. The molecule has 5 aromatic rings. The zero-order valence-corrected chi connectivity index (χ0v) is 23.4. The van der Waals surface area contributed by atoms with Gasteiger partial charge in [-0.25, -0.2) is 4.98 Å². The molecule has 3 N–H and O–H groups in total. The van der Waals surface area contributed by atoms with Crippen molar-refractivity contribution >= 4 is 34.4 Å². The zero-order chi connectivity index (χ0) is 28.8. The van der Waals surface area contributed by atoms with Gasteiger partial charge in [-0.1, -0.05) is 67.4 Å². The highest BCUT2D eigenvalue weighted by Gasteiger charge is 2.28. The fourth-order valence-electron chi connectivity index (χ4n) is 5.40. The van der Waals surface area contributed by atoms with Crippen molar-refractivity contribution in [3.8, 4) is 11.4 Å². The number of aromatic amines is 1. The Morgan fingerprint density at radius 3 is 2.39 bits per heavy atom. The van der Waals surface area contributed by atoms with E-state index in [-0.39, 0.29) is 30.7 Å². The Kier molecular flexibility index (Phi) is 8.75. The number of pyridine rings is 1. The lowest BCUT2D eigenvalue weighted by Gasteiger charge is -2.30. The van der Waals surface area contributed by atoms with E-state index in [0.29, 0.717) is 10.6 Å². The molecule has 1 amide bonds. The van der Waals surface area contributed by atoms with Crippen LogP contribution in [0.5, 0.6) is 0 Å². The van der Waals surface area contributed by atoms with Gasteiger partial charge < -0.3 is 10.4 Å². The third-order valence-corrected chi connectivity index (χ3v) is 7.59. The monoisotopic (exact) mass is 566 g/mol. The maximum atomic E-state index is 12.6. The van der Waals surface area contributed by atoms with E-state index in [1.807, 2.05) is 54.6 Å². The molecule has 3 aromatic carbocycles. The van der Waals surface area contributed by atoms with Crippen LogP contribution in [0.3, 0.4) is 0 Å². The second-order valence-corrected chi connectivity index (χ2v) is 10.5. The summed E-state index contributed by atoms with van der Waals surface area (Å²) < 4.78 is 0. The van der Waals surface area contributed by atoms with Crippen LogP contribution in [0.25, 0.3) is 22.3 Å². The number of carbonyl (C=O) groups excluding carboxylic acids is 1. The lowest BCUT2D eigenvalue weighted by Crippen LogP contribution is -2.26. The van der Waals surface area contributed by atoms with Crippen LogP contribution >= 0.6 is 11.6 Å². The molecule has 0 radical (unpaired) electrons. The van der Waals surface area contributed by atoms with Crippen LogP contribution in [0, 0.1) is 0 Å².